The maximum atomic E-state index is 14.3. The van der Waals surface area contributed by atoms with Crippen LogP contribution < -0.4 is 15.2 Å². The van der Waals surface area contributed by atoms with Gasteiger partial charge < -0.3 is 14.6 Å². The van der Waals surface area contributed by atoms with Gasteiger partial charge in [0.1, 0.15) is 16.4 Å². The first kappa shape index (κ1) is 21.0. The van der Waals surface area contributed by atoms with E-state index in [-0.39, 0.29) is 18.0 Å². The summed E-state index contributed by atoms with van der Waals surface area (Å²) in [6, 6.07) is 10.9. The van der Waals surface area contributed by atoms with E-state index < -0.39 is 11.4 Å². The number of benzene rings is 2. The largest absolute Gasteiger partial charge is 0.495 e. The molecule has 0 atom stereocenters. The summed E-state index contributed by atoms with van der Waals surface area (Å²) in [5, 5.41) is 0.846. The first-order valence-corrected chi connectivity index (χ1v) is 10.5. The van der Waals surface area contributed by atoms with Crippen LogP contribution >= 0.6 is 22.9 Å². The Kier molecular flexibility index (Phi) is 5.75. The molecule has 0 saturated heterocycles. The lowest BCUT2D eigenvalue weighted by Crippen LogP contribution is -2.31. The van der Waals surface area contributed by atoms with Gasteiger partial charge in [-0.15, -0.1) is 11.3 Å². The monoisotopic (exact) mass is 457 g/mol. The van der Waals surface area contributed by atoms with E-state index in [4.69, 9.17) is 16.3 Å². The number of thiazole rings is 1. The van der Waals surface area contributed by atoms with Crippen LogP contribution in [0.3, 0.4) is 0 Å². The second-order valence-corrected chi connectivity index (χ2v) is 8.06. The molecule has 1 amide bonds. The first-order valence-electron chi connectivity index (χ1n) is 9.25. The van der Waals surface area contributed by atoms with Crippen LogP contribution in [0.5, 0.6) is 5.75 Å². The zero-order valence-corrected chi connectivity index (χ0v) is 18.2. The molecule has 0 aliphatic carbocycles. The van der Waals surface area contributed by atoms with E-state index in [1.54, 1.807) is 42.8 Å². The summed E-state index contributed by atoms with van der Waals surface area (Å²) in [5.41, 5.74) is 2.84. The predicted molar refractivity (Wildman–Crippen MR) is 120 cm³/mol. The first-order chi connectivity index (χ1) is 14.9. The fraction of sp³-hybridized carbons (Fsp3) is 0.136. The van der Waals surface area contributed by atoms with E-state index in [0.29, 0.717) is 38.0 Å². The smallest absolute Gasteiger partial charge is 0.270 e. The Hall–Kier alpha value is -3.23. The maximum Gasteiger partial charge on any atom is 0.270 e. The zero-order valence-electron chi connectivity index (χ0n) is 16.6. The second kappa shape index (κ2) is 8.49. The van der Waals surface area contributed by atoms with E-state index in [9.17, 15) is 14.0 Å². The highest BCUT2D eigenvalue weighted by Crippen LogP contribution is 2.32. The van der Waals surface area contributed by atoms with Gasteiger partial charge in [-0.05, 0) is 36.8 Å². The topological polar surface area (TPSA) is 75.3 Å². The molecule has 2 heterocycles. The Balaban J connectivity index is 1.86. The Morgan fingerprint density at radius 1 is 1.29 bits per heavy atom. The number of H-pyrrole nitrogens is 1. The summed E-state index contributed by atoms with van der Waals surface area (Å²) in [5.74, 6) is -0.373. The number of anilines is 1. The van der Waals surface area contributed by atoms with Crippen LogP contribution in [0.2, 0.25) is 5.02 Å². The molecule has 0 aliphatic heterocycles. The van der Waals surface area contributed by atoms with Crippen LogP contribution in [0, 0.1) is 12.7 Å². The quantitative estimate of drug-likeness (QED) is 0.460. The molecule has 31 heavy (non-hydrogen) atoms. The Labute approximate surface area is 185 Å². The highest BCUT2D eigenvalue weighted by Gasteiger charge is 2.24. The number of amides is 1. The summed E-state index contributed by atoms with van der Waals surface area (Å²) in [4.78, 5) is 34.3. The van der Waals surface area contributed by atoms with E-state index in [0.717, 1.165) is 0 Å². The highest BCUT2D eigenvalue weighted by atomic mass is 35.5. The van der Waals surface area contributed by atoms with Crippen molar-refractivity contribution in [3.63, 3.8) is 0 Å². The standard InChI is InChI=1S/C22H17ClFN3O3S/c1-12-21(31-11-25-12)22(29)27(14-6-7-18(30-2)16(23)9-14)10-13-8-19(28)26-20-15(13)4-3-5-17(20)24/h3-9,11H,10H2,1-2H3,(H,26,28). The fourth-order valence-electron chi connectivity index (χ4n) is 3.35. The SMILES string of the molecule is COc1ccc(N(Cc2cc(=O)[nH]c3c(F)cccc23)C(=O)c2scnc2C)cc1Cl. The highest BCUT2D eigenvalue weighted by molar-refractivity contribution is 7.12. The summed E-state index contributed by atoms with van der Waals surface area (Å²) in [7, 11) is 1.50. The van der Waals surface area contributed by atoms with Crippen molar-refractivity contribution in [2.75, 3.05) is 12.0 Å². The van der Waals surface area contributed by atoms with Crippen LogP contribution in [0.25, 0.3) is 10.9 Å². The molecule has 0 fully saturated rings. The number of nitrogens with zero attached hydrogens (tertiary/aromatic N) is 2. The van der Waals surface area contributed by atoms with Gasteiger partial charge >= 0.3 is 0 Å². The van der Waals surface area contributed by atoms with Gasteiger partial charge in [0.05, 0.1) is 35.4 Å². The van der Waals surface area contributed by atoms with Crippen molar-refractivity contribution in [3.8, 4) is 5.75 Å². The predicted octanol–water partition coefficient (Wildman–Crippen LogP) is 4.94. The summed E-state index contributed by atoms with van der Waals surface area (Å²) >= 11 is 7.53. The van der Waals surface area contributed by atoms with Crippen molar-refractivity contribution >= 4 is 45.4 Å². The van der Waals surface area contributed by atoms with Crippen molar-refractivity contribution in [2.24, 2.45) is 0 Å². The average Bonchev–Trinajstić information content (AvgIpc) is 3.18. The molecule has 0 bridgehead atoms. The molecule has 0 spiro atoms. The number of aromatic amines is 1. The zero-order chi connectivity index (χ0) is 22.1. The molecular formula is C22H17ClFN3O3S. The number of aromatic nitrogens is 2. The molecule has 2 aromatic carbocycles. The summed E-state index contributed by atoms with van der Waals surface area (Å²) < 4.78 is 19.5. The number of methoxy groups -OCH3 is 1. The normalized spacial score (nSPS) is 11.0. The Morgan fingerprint density at radius 3 is 2.77 bits per heavy atom. The molecule has 4 aromatic rings. The van der Waals surface area contributed by atoms with Gasteiger partial charge in [0.25, 0.3) is 5.91 Å². The molecule has 0 radical (unpaired) electrons. The summed E-state index contributed by atoms with van der Waals surface area (Å²) in [6.07, 6.45) is 0. The Bertz CT molecular complexity index is 1350. The third-order valence-electron chi connectivity index (χ3n) is 4.87. The number of carbonyl (C=O) groups is 1. The van der Waals surface area contributed by atoms with Gasteiger partial charge in [-0.2, -0.15) is 0 Å². The lowest BCUT2D eigenvalue weighted by atomic mass is 10.1. The molecule has 4 rings (SSSR count). The number of aryl methyl sites for hydroxylation is 1. The van der Waals surface area contributed by atoms with Crippen molar-refractivity contribution in [3.05, 3.63) is 85.3 Å². The molecular weight excluding hydrogens is 441 g/mol. The number of hydrogen-bond acceptors (Lipinski definition) is 5. The van der Waals surface area contributed by atoms with Crippen LogP contribution in [0.15, 0.2) is 52.8 Å². The third-order valence-corrected chi connectivity index (χ3v) is 6.09. The molecule has 2 aromatic heterocycles. The molecule has 9 heteroatoms. The minimum absolute atomic E-state index is 0.0305. The van der Waals surface area contributed by atoms with Gasteiger partial charge in [0.2, 0.25) is 5.56 Å². The second-order valence-electron chi connectivity index (χ2n) is 6.80. The minimum Gasteiger partial charge on any atom is -0.495 e. The number of ether oxygens (including phenoxy) is 1. The number of rotatable bonds is 5. The molecule has 158 valence electrons. The van der Waals surface area contributed by atoms with Gasteiger partial charge in [0, 0.05) is 17.1 Å². The fourth-order valence-corrected chi connectivity index (χ4v) is 4.35. The van der Waals surface area contributed by atoms with Crippen molar-refractivity contribution in [2.45, 2.75) is 13.5 Å². The molecule has 6 nitrogen and oxygen atoms in total. The van der Waals surface area contributed by atoms with Crippen LogP contribution in [-0.4, -0.2) is 23.0 Å². The van der Waals surface area contributed by atoms with Crippen molar-refractivity contribution < 1.29 is 13.9 Å². The van der Waals surface area contributed by atoms with Crippen molar-refractivity contribution in [1.82, 2.24) is 9.97 Å². The van der Waals surface area contributed by atoms with E-state index in [1.807, 2.05) is 0 Å². The van der Waals surface area contributed by atoms with Crippen LogP contribution in [0.1, 0.15) is 20.9 Å². The van der Waals surface area contributed by atoms with E-state index >= 15 is 0 Å². The molecule has 0 unspecified atom stereocenters. The number of nitrogens with one attached hydrogen (secondary N) is 1. The van der Waals surface area contributed by atoms with Gasteiger partial charge in [-0.25, -0.2) is 9.37 Å². The molecule has 1 N–H and O–H groups in total. The summed E-state index contributed by atoms with van der Waals surface area (Å²) in [6.45, 7) is 1.78. The van der Waals surface area contributed by atoms with E-state index in [1.165, 1.54) is 35.5 Å². The third kappa shape index (κ3) is 4.04. The van der Waals surface area contributed by atoms with Gasteiger partial charge in [-0.3, -0.25) is 9.59 Å². The minimum atomic E-state index is -0.542. The van der Waals surface area contributed by atoms with Crippen LogP contribution in [-0.2, 0) is 6.54 Å². The van der Waals surface area contributed by atoms with Crippen LogP contribution in [0.4, 0.5) is 10.1 Å². The number of fused-ring (bicyclic) bond motifs is 1. The number of carbonyl (C=O) groups excluding carboxylic acids is 1. The van der Waals surface area contributed by atoms with Crippen molar-refractivity contribution in [1.29, 1.82) is 0 Å². The maximum absolute atomic E-state index is 14.3. The Morgan fingerprint density at radius 2 is 2.10 bits per heavy atom. The molecule has 0 saturated carbocycles. The van der Waals surface area contributed by atoms with Gasteiger partial charge in [0.15, 0.2) is 0 Å². The lowest BCUT2D eigenvalue weighted by molar-refractivity contribution is 0.0988. The number of hydrogen-bond donors (Lipinski definition) is 1. The number of para-hydroxylation sites is 1. The molecule has 0 aliphatic rings. The number of pyridine rings is 1. The average molecular weight is 458 g/mol. The van der Waals surface area contributed by atoms with E-state index in [2.05, 4.69) is 9.97 Å². The van der Waals surface area contributed by atoms with Gasteiger partial charge in [-0.1, -0.05) is 23.7 Å². The number of halogens is 2. The lowest BCUT2D eigenvalue weighted by Gasteiger charge is -2.24.